The third kappa shape index (κ3) is 3.53. The average molecular weight is 312 g/mol. The van der Waals surface area contributed by atoms with E-state index in [1.807, 2.05) is 0 Å². The zero-order valence-electron chi connectivity index (χ0n) is 12.7. The Morgan fingerprint density at radius 2 is 1.90 bits per heavy atom. The number of nitrogens with zero attached hydrogens (tertiary/aromatic N) is 3. The van der Waals surface area contributed by atoms with E-state index in [9.17, 15) is 8.42 Å². The molecule has 0 radical (unpaired) electrons. The summed E-state index contributed by atoms with van der Waals surface area (Å²) >= 11 is 0. The Balaban J connectivity index is 2.06. The topological polar surface area (TPSA) is 79.5 Å². The number of nitrogens with two attached hydrogens (primary N) is 1. The number of pyridine rings is 1. The normalized spacial score (nSPS) is 18.2. The molecule has 0 unspecified atom stereocenters. The molecule has 21 heavy (non-hydrogen) atoms. The van der Waals surface area contributed by atoms with E-state index in [-0.39, 0.29) is 4.90 Å². The Kier molecular flexibility index (Phi) is 5.18. The molecular formula is C14H24N4O2S. The van der Waals surface area contributed by atoms with Gasteiger partial charge in [0.2, 0.25) is 10.0 Å². The third-order valence-corrected chi connectivity index (χ3v) is 6.03. The van der Waals surface area contributed by atoms with Crippen molar-refractivity contribution in [1.82, 2.24) is 14.2 Å². The number of nitrogen functional groups attached to an aromatic ring is 1. The molecule has 1 aromatic rings. The second-order valence-electron chi connectivity index (χ2n) is 5.28. The average Bonchev–Trinajstić information content (AvgIpc) is 2.49. The predicted octanol–water partition coefficient (Wildman–Crippen LogP) is 1.16. The molecule has 0 spiro atoms. The number of sulfonamides is 1. The van der Waals surface area contributed by atoms with Crippen molar-refractivity contribution in [3.05, 3.63) is 18.3 Å². The number of anilines is 1. The summed E-state index contributed by atoms with van der Waals surface area (Å²) in [6, 6.07) is 3.53. The van der Waals surface area contributed by atoms with Gasteiger partial charge in [0.25, 0.3) is 0 Å². The molecule has 118 valence electrons. The second kappa shape index (κ2) is 6.72. The van der Waals surface area contributed by atoms with Crippen LogP contribution in [-0.2, 0) is 10.0 Å². The van der Waals surface area contributed by atoms with Gasteiger partial charge >= 0.3 is 0 Å². The zero-order valence-corrected chi connectivity index (χ0v) is 13.5. The first kappa shape index (κ1) is 16.2. The van der Waals surface area contributed by atoms with Gasteiger partial charge in [-0.25, -0.2) is 13.4 Å². The molecule has 2 rings (SSSR count). The molecule has 2 N–H and O–H groups in total. The van der Waals surface area contributed by atoms with Gasteiger partial charge in [-0.1, -0.05) is 13.8 Å². The maximum absolute atomic E-state index is 12.5. The lowest BCUT2D eigenvalue weighted by molar-refractivity contribution is 0.152. The summed E-state index contributed by atoms with van der Waals surface area (Å²) in [6.07, 6.45) is 3.09. The summed E-state index contributed by atoms with van der Waals surface area (Å²) in [5.41, 5.74) is 5.51. The number of piperidine rings is 1. The molecule has 1 aliphatic heterocycles. The lowest BCUT2D eigenvalue weighted by atomic mass is 10.1. The van der Waals surface area contributed by atoms with E-state index in [2.05, 4.69) is 23.7 Å². The molecule has 7 heteroatoms. The van der Waals surface area contributed by atoms with Crippen LogP contribution in [0.15, 0.2) is 23.2 Å². The molecule has 0 bridgehead atoms. The summed E-state index contributed by atoms with van der Waals surface area (Å²) in [6.45, 7) is 7.44. The Hall–Kier alpha value is -1.18. The molecule has 1 saturated heterocycles. The van der Waals surface area contributed by atoms with E-state index in [1.165, 1.54) is 18.3 Å². The first-order chi connectivity index (χ1) is 9.98. The molecular weight excluding hydrogens is 288 g/mol. The highest BCUT2D eigenvalue weighted by Crippen LogP contribution is 2.23. The van der Waals surface area contributed by atoms with Gasteiger partial charge in [0.15, 0.2) is 0 Å². The standard InChI is InChI=1S/C14H24N4O2S/c1-3-17(4-2)12-7-9-18(10-8-12)21(19,20)13-5-6-14(15)16-11-13/h5-6,11-12H,3-4,7-10H2,1-2H3,(H2,15,16). The summed E-state index contributed by atoms with van der Waals surface area (Å²) in [5, 5.41) is 0. The van der Waals surface area contributed by atoms with Crippen molar-refractivity contribution in [1.29, 1.82) is 0 Å². The molecule has 0 amide bonds. The van der Waals surface area contributed by atoms with Gasteiger partial charge in [-0.15, -0.1) is 0 Å². The van der Waals surface area contributed by atoms with Crippen LogP contribution >= 0.6 is 0 Å². The molecule has 1 aliphatic rings. The second-order valence-corrected chi connectivity index (χ2v) is 7.21. The smallest absolute Gasteiger partial charge is 0.244 e. The van der Waals surface area contributed by atoms with Gasteiger partial charge in [0, 0.05) is 25.3 Å². The molecule has 0 saturated carbocycles. The van der Waals surface area contributed by atoms with Crippen molar-refractivity contribution >= 4 is 15.8 Å². The first-order valence-corrected chi connectivity index (χ1v) is 8.88. The summed E-state index contributed by atoms with van der Waals surface area (Å²) in [5.74, 6) is 0.328. The molecule has 1 fully saturated rings. The zero-order chi connectivity index (χ0) is 15.5. The number of rotatable bonds is 5. The van der Waals surface area contributed by atoms with Gasteiger partial charge in [0.05, 0.1) is 0 Å². The van der Waals surface area contributed by atoms with E-state index in [0.717, 1.165) is 25.9 Å². The van der Waals surface area contributed by atoms with Crippen LogP contribution in [0.2, 0.25) is 0 Å². The summed E-state index contributed by atoms with van der Waals surface area (Å²) < 4.78 is 26.6. The van der Waals surface area contributed by atoms with Crippen LogP contribution in [0.1, 0.15) is 26.7 Å². The van der Waals surface area contributed by atoms with Crippen LogP contribution in [0.5, 0.6) is 0 Å². The maximum atomic E-state index is 12.5. The number of hydrogen-bond donors (Lipinski definition) is 1. The number of aromatic nitrogens is 1. The van der Waals surface area contributed by atoms with Crippen LogP contribution in [-0.4, -0.2) is 54.8 Å². The van der Waals surface area contributed by atoms with Crippen molar-refractivity contribution < 1.29 is 8.42 Å². The highest BCUT2D eigenvalue weighted by Gasteiger charge is 2.31. The SMILES string of the molecule is CCN(CC)C1CCN(S(=O)(=O)c2ccc(N)nc2)CC1. The minimum atomic E-state index is -3.44. The Morgan fingerprint density at radius 3 is 2.38 bits per heavy atom. The van der Waals surface area contributed by atoms with Crippen molar-refractivity contribution in [2.75, 3.05) is 31.9 Å². The van der Waals surface area contributed by atoms with E-state index in [1.54, 1.807) is 4.31 Å². The predicted molar refractivity (Wildman–Crippen MR) is 83.4 cm³/mol. The lowest BCUT2D eigenvalue weighted by Gasteiger charge is -2.37. The van der Waals surface area contributed by atoms with Gasteiger partial charge in [-0.05, 0) is 38.1 Å². The number of hydrogen-bond acceptors (Lipinski definition) is 5. The fourth-order valence-corrected chi connectivity index (χ4v) is 4.30. The quantitative estimate of drug-likeness (QED) is 0.882. The van der Waals surface area contributed by atoms with Crippen LogP contribution in [0.3, 0.4) is 0 Å². The minimum absolute atomic E-state index is 0.220. The molecule has 1 aromatic heterocycles. The van der Waals surface area contributed by atoms with Crippen molar-refractivity contribution in [2.24, 2.45) is 0 Å². The minimum Gasteiger partial charge on any atom is -0.384 e. The Labute approximate surface area is 127 Å². The van der Waals surface area contributed by atoms with Crippen LogP contribution in [0, 0.1) is 0 Å². The van der Waals surface area contributed by atoms with Crippen molar-refractivity contribution in [3.63, 3.8) is 0 Å². The van der Waals surface area contributed by atoms with Gasteiger partial charge in [0.1, 0.15) is 10.7 Å². The van der Waals surface area contributed by atoms with Gasteiger partial charge in [-0.3, -0.25) is 0 Å². The fourth-order valence-electron chi connectivity index (χ4n) is 2.88. The molecule has 6 nitrogen and oxygen atoms in total. The lowest BCUT2D eigenvalue weighted by Crippen LogP contribution is -2.46. The van der Waals surface area contributed by atoms with E-state index in [0.29, 0.717) is 24.9 Å². The van der Waals surface area contributed by atoms with E-state index >= 15 is 0 Å². The molecule has 0 aliphatic carbocycles. The maximum Gasteiger partial charge on any atom is 0.244 e. The monoisotopic (exact) mass is 312 g/mol. The van der Waals surface area contributed by atoms with Crippen molar-refractivity contribution in [3.8, 4) is 0 Å². The first-order valence-electron chi connectivity index (χ1n) is 7.44. The van der Waals surface area contributed by atoms with E-state index < -0.39 is 10.0 Å². The van der Waals surface area contributed by atoms with Gasteiger partial charge in [-0.2, -0.15) is 4.31 Å². The van der Waals surface area contributed by atoms with Crippen molar-refractivity contribution in [2.45, 2.75) is 37.6 Å². The fraction of sp³-hybridized carbons (Fsp3) is 0.643. The van der Waals surface area contributed by atoms with Gasteiger partial charge < -0.3 is 10.6 Å². The molecule has 2 heterocycles. The molecule has 0 atom stereocenters. The van der Waals surface area contributed by atoms with Crippen LogP contribution in [0.4, 0.5) is 5.82 Å². The Bertz CT molecular complexity index is 547. The molecule has 0 aromatic carbocycles. The highest BCUT2D eigenvalue weighted by atomic mass is 32.2. The summed E-state index contributed by atoms with van der Waals surface area (Å²) in [7, 11) is -3.44. The third-order valence-electron chi connectivity index (χ3n) is 4.15. The summed E-state index contributed by atoms with van der Waals surface area (Å²) in [4.78, 5) is 6.49. The Morgan fingerprint density at radius 1 is 1.29 bits per heavy atom. The van der Waals surface area contributed by atoms with E-state index in [4.69, 9.17) is 5.73 Å². The van der Waals surface area contributed by atoms with Crippen LogP contribution < -0.4 is 5.73 Å². The largest absolute Gasteiger partial charge is 0.384 e. The van der Waals surface area contributed by atoms with Crippen LogP contribution in [0.25, 0.3) is 0 Å². The highest BCUT2D eigenvalue weighted by molar-refractivity contribution is 7.89.